The van der Waals surface area contributed by atoms with Gasteiger partial charge in [-0.3, -0.25) is 9.59 Å². The zero-order valence-corrected chi connectivity index (χ0v) is 12.1. The first-order valence-corrected chi connectivity index (χ1v) is 6.74. The van der Waals surface area contributed by atoms with Crippen LogP contribution in [0.5, 0.6) is 0 Å². The normalized spacial score (nSPS) is 12.1. The molecule has 0 spiro atoms. The average Bonchev–Trinajstić information content (AvgIpc) is 2.38. The number of anilines is 1. The molecule has 0 aromatic heterocycles. The Balaban J connectivity index is 2.45. The minimum Gasteiger partial charge on any atom is -0.393 e. The molecule has 0 saturated carbocycles. The van der Waals surface area contributed by atoms with Crippen LogP contribution in [0.2, 0.25) is 0 Å². The molecule has 0 bridgehead atoms. The van der Waals surface area contributed by atoms with Crippen molar-refractivity contribution < 1.29 is 14.7 Å². The van der Waals surface area contributed by atoms with E-state index in [9.17, 15) is 14.7 Å². The van der Waals surface area contributed by atoms with Gasteiger partial charge in [0.2, 0.25) is 5.91 Å². The molecule has 110 valence electrons. The molecule has 0 radical (unpaired) electrons. The van der Waals surface area contributed by atoms with Crippen LogP contribution < -0.4 is 10.6 Å². The summed E-state index contributed by atoms with van der Waals surface area (Å²) < 4.78 is 0. The second-order valence-electron chi connectivity index (χ2n) is 5.11. The molecule has 0 aliphatic carbocycles. The fourth-order valence-corrected chi connectivity index (χ4v) is 1.68. The van der Waals surface area contributed by atoms with E-state index in [0.29, 0.717) is 24.2 Å². The highest BCUT2D eigenvalue weighted by Gasteiger charge is 2.10. The van der Waals surface area contributed by atoms with Crippen molar-refractivity contribution in [2.24, 2.45) is 5.92 Å². The predicted octanol–water partition coefficient (Wildman–Crippen LogP) is 1.78. The van der Waals surface area contributed by atoms with Crippen LogP contribution in [0.25, 0.3) is 0 Å². The summed E-state index contributed by atoms with van der Waals surface area (Å²) >= 11 is 0. The Hall–Kier alpha value is -1.88. The van der Waals surface area contributed by atoms with E-state index in [1.54, 1.807) is 24.3 Å². The van der Waals surface area contributed by atoms with E-state index in [4.69, 9.17) is 0 Å². The van der Waals surface area contributed by atoms with Crippen LogP contribution in [0.15, 0.2) is 24.3 Å². The molecular weight excluding hydrogens is 256 g/mol. The van der Waals surface area contributed by atoms with E-state index >= 15 is 0 Å². The molecule has 0 aliphatic rings. The van der Waals surface area contributed by atoms with Gasteiger partial charge >= 0.3 is 0 Å². The van der Waals surface area contributed by atoms with Crippen molar-refractivity contribution in [2.75, 3.05) is 11.9 Å². The van der Waals surface area contributed by atoms with Gasteiger partial charge in [0.25, 0.3) is 5.91 Å². The highest BCUT2D eigenvalue weighted by molar-refractivity contribution is 5.95. The smallest absolute Gasteiger partial charge is 0.251 e. The fourth-order valence-electron chi connectivity index (χ4n) is 1.68. The maximum Gasteiger partial charge on any atom is 0.251 e. The molecule has 5 nitrogen and oxygen atoms in total. The van der Waals surface area contributed by atoms with Crippen molar-refractivity contribution in [3.05, 3.63) is 29.8 Å². The Labute approximate surface area is 119 Å². The predicted molar refractivity (Wildman–Crippen MR) is 78.5 cm³/mol. The zero-order chi connectivity index (χ0) is 15.1. The Bertz CT molecular complexity index is 455. The number of hydrogen-bond acceptors (Lipinski definition) is 3. The average molecular weight is 278 g/mol. The van der Waals surface area contributed by atoms with Crippen molar-refractivity contribution in [2.45, 2.75) is 33.3 Å². The second kappa shape index (κ2) is 7.65. The van der Waals surface area contributed by atoms with Gasteiger partial charge in [0.1, 0.15) is 0 Å². The molecule has 1 aromatic carbocycles. The lowest BCUT2D eigenvalue weighted by Gasteiger charge is -2.14. The molecule has 0 heterocycles. The van der Waals surface area contributed by atoms with Crippen LogP contribution in [-0.2, 0) is 4.79 Å². The highest BCUT2D eigenvalue weighted by Crippen LogP contribution is 2.09. The molecule has 5 heteroatoms. The lowest BCUT2D eigenvalue weighted by atomic mass is 10.0. The Morgan fingerprint density at radius 1 is 1.20 bits per heavy atom. The number of benzene rings is 1. The van der Waals surface area contributed by atoms with E-state index in [0.717, 1.165) is 0 Å². The van der Waals surface area contributed by atoms with Gasteiger partial charge in [-0.1, -0.05) is 13.8 Å². The van der Waals surface area contributed by atoms with Crippen molar-refractivity contribution in [1.82, 2.24) is 5.32 Å². The SMILES string of the molecule is CC(=O)Nc1ccc(C(=O)NCCC(O)C(C)C)cc1. The number of amides is 2. The molecule has 1 rings (SSSR count). The molecule has 0 aliphatic heterocycles. The number of carbonyl (C=O) groups is 2. The number of rotatable bonds is 6. The van der Waals surface area contributed by atoms with Crippen LogP contribution in [-0.4, -0.2) is 29.6 Å². The van der Waals surface area contributed by atoms with Crippen LogP contribution in [0.4, 0.5) is 5.69 Å². The first kappa shape index (κ1) is 16.2. The van der Waals surface area contributed by atoms with E-state index in [1.807, 2.05) is 13.8 Å². The standard InChI is InChI=1S/C15H22N2O3/c1-10(2)14(19)8-9-16-15(20)12-4-6-13(7-5-12)17-11(3)18/h4-7,10,14,19H,8-9H2,1-3H3,(H,16,20)(H,17,18). The topological polar surface area (TPSA) is 78.4 Å². The number of nitrogens with one attached hydrogen (secondary N) is 2. The van der Waals surface area contributed by atoms with Crippen LogP contribution in [0.1, 0.15) is 37.6 Å². The van der Waals surface area contributed by atoms with Crippen LogP contribution in [0.3, 0.4) is 0 Å². The van der Waals surface area contributed by atoms with E-state index in [2.05, 4.69) is 10.6 Å². The Morgan fingerprint density at radius 2 is 1.80 bits per heavy atom. The highest BCUT2D eigenvalue weighted by atomic mass is 16.3. The summed E-state index contributed by atoms with van der Waals surface area (Å²) in [6, 6.07) is 6.66. The number of hydrogen-bond donors (Lipinski definition) is 3. The van der Waals surface area contributed by atoms with Gasteiger partial charge in [-0.25, -0.2) is 0 Å². The lowest BCUT2D eigenvalue weighted by Crippen LogP contribution is -2.28. The zero-order valence-electron chi connectivity index (χ0n) is 12.1. The van der Waals surface area contributed by atoms with Gasteiger partial charge in [0.05, 0.1) is 6.10 Å². The Morgan fingerprint density at radius 3 is 2.30 bits per heavy atom. The van der Waals surface area contributed by atoms with Crippen molar-refractivity contribution in [3.63, 3.8) is 0 Å². The summed E-state index contributed by atoms with van der Waals surface area (Å²) in [5, 5.41) is 15.0. The quantitative estimate of drug-likeness (QED) is 0.742. The van der Waals surface area contributed by atoms with E-state index in [-0.39, 0.29) is 17.7 Å². The number of aliphatic hydroxyl groups is 1. The summed E-state index contributed by atoms with van der Waals surface area (Å²) in [6.45, 7) is 5.74. The summed E-state index contributed by atoms with van der Waals surface area (Å²) in [7, 11) is 0. The lowest BCUT2D eigenvalue weighted by molar-refractivity contribution is -0.114. The van der Waals surface area contributed by atoms with Crippen LogP contribution in [0, 0.1) is 5.92 Å². The molecule has 20 heavy (non-hydrogen) atoms. The minimum atomic E-state index is -0.405. The monoisotopic (exact) mass is 278 g/mol. The molecule has 1 unspecified atom stereocenters. The van der Waals surface area contributed by atoms with Gasteiger partial charge in [-0.2, -0.15) is 0 Å². The fraction of sp³-hybridized carbons (Fsp3) is 0.467. The molecule has 3 N–H and O–H groups in total. The largest absolute Gasteiger partial charge is 0.393 e. The molecule has 1 aromatic rings. The molecule has 0 fully saturated rings. The van der Waals surface area contributed by atoms with Gasteiger partial charge in [0.15, 0.2) is 0 Å². The first-order valence-electron chi connectivity index (χ1n) is 6.74. The van der Waals surface area contributed by atoms with Gasteiger partial charge < -0.3 is 15.7 Å². The van der Waals surface area contributed by atoms with E-state index in [1.165, 1.54) is 6.92 Å². The molecular formula is C15H22N2O3. The Kier molecular flexibility index (Phi) is 6.18. The third-order valence-corrected chi connectivity index (χ3v) is 2.96. The molecule has 2 amide bonds. The summed E-state index contributed by atoms with van der Waals surface area (Å²) in [5.41, 5.74) is 1.18. The number of carbonyl (C=O) groups excluding carboxylic acids is 2. The maximum absolute atomic E-state index is 11.8. The molecule has 1 atom stereocenters. The van der Waals surface area contributed by atoms with Crippen molar-refractivity contribution in [3.8, 4) is 0 Å². The number of aliphatic hydroxyl groups excluding tert-OH is 1. The third kappa shape index (κ3) is 5.40. The van der Waals surface area contributed by atoms with Crippen molar-refractivity contribution >= 4 is 17.5 Å². The third-order valence-electron chi connectivity index (χ3n) is 2.96. The van der Waals surface area contributed by atoms with E-state index < -0.39 is 6.10 Å². The molecule has 0 saturated heterocycles. The van der Waals surface area contributed by atoms with Gasteiger partial charge in [-0.05, 0) is 36.6 Å². The maximum atomic E-state index is 11.8. The van der Waals surface area contributed by atoms with Gasteiger partial charge in [0, 0.05) is 24.7 Å². The van der Waals surface area contributed by atoms with Gasteiger partial charge in [-0.15, -0.1) is 0 Å². The van der Waals surface area contributed by atoms with Crippen LogP contribution >= 0.6 is 0 Å². The second-order valence-corrected chi connectivity index (χ2v) is 5.11. The summed E-state index contributed by atoms with van der Waals surface area (Å²) in [6.07, 6.45) is 0.130. The van der Waals surface area contributed by atoms with Crippen molar-refractivity contribution in [1.29, 1.82) is 0 Å². The summed E-state index contributed by atoms with van der Waals surface area (Å²) in [4.78, 5) is 22.7. The summed E-state index contributed by atoms with van der Waals surface area (Å²) in [5.74, 6) is -0.149. The minimum absolute atomic E-state index is 0.148. The first-order chi connectivity index (χ1) is 9.40.